The molecule has 0 aliphatic heterocycles. The molecular weight excluding hydrogens is 500 g/mol. The van der Waals surface area contributed by atoms with Crippen LogP contribution < -0.4 is 14.8 Å². The Hall–Kier alpha value is -3.31. The average molecular weight is 517 g/mol. The maximum Gasteiger partial charge on any atom is 0.405 e. The SMILES string of the molecule is Cc1cc(NS(=O)(=O)c2ccc(Oc3ccccc3Cl)cc2)c(C(=O)NCC(F)(F)F)cc1F. The highest BCUT2D eigenvalue weighted by Crippen LogP contribution is 2.30. The molecule has 0 bridgehead atoms. The van der Waals surface area contributed by atoms with Crippen molar-refractivity contribution in [3.63, 3.8) is 0 Å². The number of benzene rings is 3. The van der Waals surface area contributed by atoms with Crippen molar-refractivity contribution in [1.29, 1.82) is 0 Å². The van der Waals surface area contributed by atoms with Crippen molar-refractivity contribution < 1.29 is 35.5 Å². The highest BCUT2D eigenvalue weighted by molar-refractivity contribution is 7.92. The molecule has 3 aromatic rings. The van der Waals surface area contributed by atoms with Crippen LogP contribution in [0.3, 0.4) is 0 Å². The Morgan fingerprint density at radius 1 is 1.06 bits per heavy atom. The molecule has 34 heavy (non-hydrogen) atoms. The molecule has 3 rings (SSSR count). The number of rotatable bonds is 7. The summed E-state index contributed by atoms with van der Waals surface area (Å²) in [6, 6.07) is 13.5. The summed E-state index contributed by atoms with van der Waals surface area (Å²) in [7, 11) is -4.30. The number of para-hydroxylation sites is 1. The number of carbonyl (C=O) groups excluding carboxylic acids is 1. The van der Waals surface area contributed by atoms with Gasteiger partial charge in [0.2, 0.25) is 0 Å². The predicted molar refractivity (Wildman–Crippen MR) is 118 cm³/mol. The number of nitrogens with one attached hydrogen (secondary N) is 2. The Morgan fingerprint density at radius 2 is 1.71 bits per heavy atom. The summed E-state index contributed by atoms with van der Waals surface area (Å²) < 4.78 is 84.7. The standard InChI is InChI=1S/C22H17ClF4N2O4S/c1-13-10-19(16(11-18(13)24)21(30)28-12-22(25,26)27)29-34(31,32)15-8-6-14(7-9-15)33-20-5-3-2-4-17(20)23/h2-11,29H,12H2,1H3,(H,28,30). The summed E-state index contributed by atoms with van der Waals surface area (Å²) in [4.78, 5) is 12.0. The maximum absolute atomic E-state index is 14.0. The molecule has 0 fully saturated rings. The number of amides is 1. The van der Waals surface area contributed by atoms with E-state index in [9.17, 15) is 30.8 Å². The molecule has 2 N–H and O–H groups in total. The van der Waals surface area contributed by atoms with Crippen LogP contribution in [0.4, 0.5) is 23.2 Å². The van der Waals surface area contributed by atoms with Gasteiger partial charge in [-0.15, -0.1) is 0 Å². The van der Waals surface area contributed by atoms with Crippen molar-refractivity contribution in [1.82, 2.24) is 5.32 Å². The predicted octanol–water partition coefficient (Wildman–Crippen LogP) is 5.67. The van der Waals surface area contributed by atoms with Crippen LogP contribution >= 0.6 is 11.6 Å². The second-order valence-corrected chi connectivity index (χ2v) is 9.14. The van der Waals surface area contributed by atoms with E-state index in [-0.39, 0.29) is 21.9 Å². The van der Waals surface area contributed by atoms with Crippen LogP contribution in [-0.4, -0.2) is 27.0 Å². The number of sulfonamides is 1. The molecule has 0 aliphatic carbocycles. The van der Waals surface area contributed by atoms with Crippen LogP contribution in [0.25, 0.3) is 0 Å². The lowest BCUT2D eigenvalue weighted by Gasteiger charge is -2.15. The molecule has 0 aromatic heterocycles. The van der Waals surface area contributed by atoms with E-state index in [0.717, 1.165) is 6.07 Å². The van der Waals surface area contributed by atoms with Gasteiger partial charge in [-0.1, -0.05) is 23.7 Å². The van der Waals surface area contributed by atoms with Crippen LogP contribution in [0.1, 0.15) is 15.9 Å². The van der Waals surface area contributed by atoms with E-state index in [1.165, 1.54) is 31.2 Å². The number of alkyl halides is 3. The molecule has 180 valence electrons. The lowest BCUT2D eigenvalue weighted by molar-refractivity contribution is -0.123. The minimum Gasteiger partial charge on any atom is -0.456 e. The summed E-state index contributed by atoms with van der Waals surface area (Å²) in [5, 5.41) is 1.94. The fraction of sp³-hybridized carbons (Fsp3) is 0.136. The fourth-order valence-electron chi connectivity index (χ4n) is 2.77. The maximum atomic E-state index is 14.0. The van der Waals surface area contributed by atoms with E-state index in [4.69, 9.17) is 16.3 Å². The number of aryl methyl sites for hydroxylation is 1. The van der Waals surface area contributed by atoms with Gasteiger partial charge in [-0.25, -0.2) is 12.8 Å². The van der Waals surface area contributed by atoms with Gasteiger partial charge < -0.3 is 10.1 Å². The van der Waals surface area contributed by atoms with E-state index >= 15 is 0 Å². The molecule has 0 saturated heterocycles. The van der Waals surface area contributed by atoms with Gasteiger partial charge >= 0.3 is 6.18 Å². The van der Waals surface area contributed by atoms with Crippen LogP contribution in [-0.2, 0) is 10.0 Å². The molecule has 0 saturated carbocycles. The second kappa shape index (κ2) is 9.90. The van der Waals surface area contributed by atoms with Gasteiger partial charge in [0.25, 0.3) is 15.9 Å². The monoisotopic (exact) mass is 516 g/mol. The quantitative estimate of drug-likeness (QED) is 0.396. The molecule has 3 aromatic carbocycles. The number of hydrogen-bond acceptors (Lipinski definition) is 4. The van der Waals surface area contributed by atoms with Gasteiger partial charge in [-0.05, 0) is 61.0 Å². The van der Waals surface area contributed by atoms with Gasteiger partial charge in [0.05, 0.1) is 21.2 Å². The van der Waals surface area contributed by atoms with Crippen LogP contribution in [0.2, 0.25) is 5.02 Å². The zero-order valence-corrected chi connectivity index (χ0v) is 19.0. The van der Waals surface area contributed by atoms with Crippen molar-refractivity contribution in [2.75, 3.05) is 11.3 Å². The summed E-state index contributed by atoms with van der Waals surface area (Å²) >= 11 is 6.03. The zero-order chi connectivity index (χ0) is 25.1. The Morgan fingerprint density at radius 3 is 2.32 bits per heavy atom. The lowest BCUT2D eigenvalue weighted by atomic mass is 10.1. The number of halogens is 5. The molecule has 0 heterocycles. The third-order valence-corrected chi connectivity index (χ3v) is 6.13. The summed E-state index contributed by atoms with van der Waals surface area (Å²) in [6.07, 6.45) is -4.70. The van der Waals surface area contributed by atoms with E-state index in [1.54, 1.807) is 29.6 Å². The zero-order valence-electron chi connectivity index (χ0n) is 17.4. The average Bonchev–Trinajstić information content (AvgIpc) is 2.76. The first-order chi connectivity index (χ1) is 15.9. The summed E-state index contributed by atoms with van der Waals surface area (Å²) in [5.74, 6) is -1.54. The van der Waals surface area contributed by atoms with E-state index in [0.29, 0.717) is 16.8 Å². The Labute approximate surface area is 197 Å². The molecule has 1 amide bonds. The molecule has 0 radical (unpaired) electrons. The van der Waals surface area contributed by atoms with Gasteiger partial charge in [0.15, 0.2) is 0 Å². The summed E-state index contributed by atoms with van der Waals surface area (Å²) in [6.45, 7) is -0.355. The Bertz CT molecular complexity index is 1310. The minimum atomic E-state index is -4.70. The highest BCUT2D eigenvalue weighted by atomic mass is 35.5. The van der Waals surface area contributed by atoms with Crippen LogP contribution in [0, 0.1) is 12.7 Å². The van der Waals surface area contributed by atoms with Gasteiger partial charge in [0, 0.05) is 0 Å². The summed E-state index contributed by atoms with van der Waals surface area (Å²) in [5.41, 5.74) is -1.00. The Kier molecular flexibility index (Phi) is 7.37. The van der Waals surface area contributed by atoms with E-state index in [2.05, 4.69) is 4.72 Å². The lowest BCUT2D eigenvalue weighted by Crippen LogP contribution is -2.34. The molecule has 6 nitrogen and oxygen atoms in total. The topological polar surface area (TPSA) is 84.5 Å². The smallest absolute Gasteiger partial charge is 0.405 e. The number of anilines is 1. The fourth-order valence-corrected chi connectivity index (χ4v) is 4.02. The third-order valence-electron chi connectivity index (χ3n) is 4.44. The van der Waals surface area contributed by atoms with Crippen molar-refractivity contribution in [2.24, 2.45) is 0 Å². The van der Waals surface area contributed by atoms with Crippen molar-refractivity contribution >= 4 is 33.2 Å². The third kappa shape index (κ3) is 6.39. The normalized spacial score (nSPS) is 11.7. The molecule has 0 unspecified atom stereocenters. The molecule has 0 spiro atoms. The molecule has 0 atom stereocenters. The van der Waals surface area contributed by atoms with Crippen molar-refractivity contribution in [2.45, 2.75) is 18.0 Å². The number of ether oxygens (including phenoxy) is 1. The van der Waals surface area contributed by atoms with E-state index < -0.39 is 40.0 Å². The van der Waals surface area contributed by atoms with Gasteiger partial charge in [-0.2, -0.15) is 13.2 Å². The first kappa shape index (κ1) is 25.3. The largest absolute Gasteiger partial charge is 0.456 e. The molecular formula is C22H17ClF4N2O4S. The molecule has 12 heteroatoms. The number of hydrogen-bond donors (Lipinski definition) is 2. The van der Waals surface area contributed by atoms with Crippen molar-refractivity contribution in [3.8, 4) is 11.5 Å². The highest BCUT2D eigenvalue weighted by Gasteiger charge is 2.29. The minimum absolute atomic E-state index is 0.0199. The van der Waals surface area contributed by atoms with Crippen LogP contribution in [0.15, 0.2) is 65.6 Å². The van der Waals surface area contributed by atoms with E-state index in [1.807, 2.05) is 0 Å². The molecule has 0 aliphatic rings. The Balaban J connectivity index is 1.84. The first-order valence-corrected chi connectivity index (χ1v) is 11.4. The van der Waals surface area contributed by atoms with Crippen LogP contribution in [0.5, 0.6) is 11.5 Å². The van der Waals surface area contributed by atoms with Gasteiger partial charge in [0.1, 0.15) is 23.9 Å². The number of carbonyl (C=O) groups is 1. The second-order valence-electron chi connectivity index (χ2n) is 7.05. The first-order valence-electron chi connectivity index (χ1n) is 9.56. The van der Waals surface area contributed by atoms with Crippen molar-refractivity contribution in [3.05, 3.63) is 82.6 Å². The van der Waals surface area contributed by atoms with Gasteiger partial charge in [-0.3, -0.25) is 9.52 Å².